The molecule has 0 saturated carbocycles. The standard InChI is InChI=1S/C23H38N4O2/c1-4-7-15-27(6-3)21-10-8-19(9-11-21)23(29)25-20-12-16-26(17-13-20)18-22(28)24-14-5-2/h8-11,20H,4-7,12-18H2,1-3H3,(H,24,28)(H,25,29). The first-order chi connectivity index (χ1) is 14.1. The molecule has 1 heterocycles. The van der Waals surface area contributed by atoms with Gasteiger partial charge in [-0.15, -0.1) is 0 Å². The molecular formula is C23H38N4O2. The Morgan fingerprint density at radius 2 is 1.76 bits per heavy atom. The third-order valence-electron chi connectivity index (χ3n) is 5.52. The summed E-state index contributed by atoms with van der Waals surface area (Å²) < 4.78 is 0. The Balaban J connectivity index is 1.78. The molecule has 0 aromatic heterocycles. The van der Waals surface area contributed by atoms with Gasteiger partial charge in [-0.25, -0.2) is 0 Å². The normalized spacial score (nSPS) is 15.1. The average Bonchev–Trinajstić information content (AvgIpc) is 2.74. The van der Waals surface area contributed by atoms with E-state index in [1.54, 1.807) is 0 Å². The highest BCUT2D eigenvalue weighted by molar-refractivity contribution is 5.94. The lowest BCUT2D eigenvalue weighted by Gasteiger charge is -2.31. The fourth-order valence-corrected chi connectivity index (χ4v) is 3.67. The molecule has 1 aromatic carbocycles. The lowest BCUT2D eigenvalue weighted by molar-refractivity contribution is -0.122. The van der Waals surface area contributed by atoms with Crippen LogP contribution in [0.5, 0.6) is 0 Å². The zero-order valence-electron chi connectivity index (χ0n) is 18.4. The molecule has 0 spiro atoms. The summed E-state index contributed by atoms with van der Waals surface area (Å²) in [6, 6.07) is 8.12. The molecule has 6 heteroatoms. The van der Waals surface area contributed by atoms with Crippen molar-refractivity contribution in [2.45, 2.75) is 58.9 Å². The van der Waals surface area contributed by atoms with E-state index in [0.717, 1.165) is 52.0 Å². The number of carbonyl (C=O) groups is 2. The zero-order valence-corrected chi connectivity index (χ0v) is 18.4. The monoisotopic (exact) mass is 402 g/mol. The van der Waals surface area contributed by atoms with Crippen LogP contribution in [0, 0.1) is 0 Å². The first-order valence-corrected chi connectivity index (χ1v) is 11.2. The molecule has 1 aliphatic rings. The molecule has 6 nitrogen and oxygen atoms in total. The van der Waals surface area contributed by atoms with E-state index < -0.39 is 0 Å². The van der Waals surface area contributed by atoms with Gasteiger partial charge in [0, 0.05) is 50.0 Å². The minimum atomic E-state index is -0.00713. The Hall–Kier alpha value is -2.08. The highest BCUT2D eigenvalue weighted by Crippen LogP contribution is 2.17. The summed E-state index contributed by atoms with van der Waals surface area (Å²) >= 11 is 0. The molecule has 0 bridgehead atoms. The number of piperidine rings is 1. The Morgan fingerprint density at radius 1 is 1.07 bits per heavy atom. The minimum Gasteiger partial charge on any atom is -0.372 e. The van der Waals surface area contributed by atoms with Gasteiger partial charge < -0.3 is 15.5 Å². The van der Waals surface area contributed by atoms with E-state index in [0.29, 0.717) is 12.1 Å². The van der Waals surface area contributed by atoms with Crippen molar-refractivity contribution in [1.29, 1.82) is 0 Å². The predicted molar refractivity (Wildman–Crippen MR) is 119 cm³/mol. The quantitative estimate of drug-likeness (QED) is 0.597. The number of amides is 2. The van der Waals surface area contributed by atoms with E-state index in [-0.39, 0.29) is 17.9 Å². The summed E-state index contributed by atoms with van der Waals surface area (Å²) in [4.78, 5) is 29.0. The van der Waals surface area contributed by atoms with Crippen LogP contribution in [0.15, 0.2) is 24.3 Å². The van der Waals surface area contributed by atoms with Crippen molar-refractivity contribution in [3.05, 3.63) is 29.8 Å². The summed E-state index contributed by atoms with van der Waals surface area (Å²) in [6.07, 6.45) is 5.07. The number of benzene rings is 1. The Kier molecular flexibility index (Phi) is 9.98. The van der Waals surface area contributed by atoms with E-state index in [2.05, 4.69) is 34.3 Å². The number of carbonyl (C=O) groups excluding carboxylic acids is 2. The van der Waals surface area contributed by atoms with Crippen LogP contribution in [0.3, 0.4) is 0 Å². The second-order valence-electron chi connectivity index (χ2n) is 7.85. The van der Waals surface area contributed by atoms with Crippen LogP contribution >= 0.6 is 0 Å². The number of unbranched alkanes of at least 4 members (excludes halogenated alkanes) is 1. The maximum Gasteiger partial charge on any atom is 0.251 e. The van der Waals surface area contributed by atoms with Gasteiger partial charge in [-0.2, -0.15) is 0 Å². The SMILES string of the molecule is CCCCN(CC)c1ccc(C(=O)NC2CCN(CC(=O)NCCC)CC2)cc1. The molecule has 29 heavy (non-hydrogen) atoms. The van der Waals surface area contributed by atoms with Gasteiger partial charge in [0.2, 0.25) is 5.91 Å². The lowest BCUT2D eigenvalue weighted by Crippen LogP contribution is -2.47. The Bertz CT molecular complexity index is 624. The highest BCUT2D eigenvalue weighted by atomic mass is 16.2. The Labute approximate surface area is 176 Å². The van der Waals surface area contributed by atoms with Crippen molar-refractivity contribution in [3.63, 3.8) is 0 Å². The number of hydrogen-bond acceptors (Lipinski definition) is 4. The summed E-state index contributed by atoms with van der Waals surface area (Å²) in [5, 5.41) is 6.08. The van der Waals surface area contributed by atoms with Gasteiger partial charge in [0.15, 0.2) is 0 Å². The number of hydrogen-bond donors (Lipinski definition) is 2. The van der Waals surface area contributed by atoms with E-state index in [1.165, 1.54) is 18.5 Å². The molecule has 1 aromatic rings. The average molecular weight is 403 g/mol. The van der Waals surface area contributed by atoms with Crippen molar-refractivity contribution >= 4 is 17.5 Å². The van der Waals surface area contributed by atoms with E-state index in [1.807, 2.05) is 31.2 Å². The van der Waals surface area contributed by atoms with Gasteiger partial charge in [0.25, 0.3) is 5.91 Å². The van der Waals surface area contributed by atoms with E-state index >= 15 is 0 Å². The number of anilines is 1. The Morgan fingerprint density at radius 3 is 2.34 bits per heavy atom. The third kappa shape index (κ3) is 7.69. The van der Waals surface area contributed by atoms with Gasteiger partial charge in [-0.05, 0) is 56.9 Å². The van der Waals surface area contributed by atoms with Crippen LogP contribution in [-0.2, 0) is 4.79 Å². The topological polar surface area (TPSA) is 64.7 Å². The fourth-order valence-electron chi connectivity index (χ4n) is 3.67. The van der Waals surface area contributed by atoms with Crippen LogP contribution < -0.4 is 15.5 Å². The van der Waals surface area contributed by atoms with Crippen molar-refractivity contribution in [2.24, 2.45) is 0 Å². The molecule has 2 rings (SSSR count). The van der Waals surface area contributed by atoms with Crippen LogP contribution in [0.2, 0.25) is 0 Å². The molecular weight excluding hydrogens is 364 g/mol. The molecule has 2 amide bonds. The molecule has 2 N–H and O–H groups in total. The lowest BCUT2D eigenvalue weighted by atomic mass is 10.0. The second kappa shape index (κ2) is 12.5. The highest BCUT2D eigenvalue weighted by Gasteiger charge is 2.22. The number of rotatable bonds is 11. The summed E-state index contributed by atoms with van der Waals surface area (Å²) in [5.74, 6) is 0.0850. The molecule has 1 aliphatic heterocycles. The molecule has 1 fully saturated rings. The number of likely N-dealkylation sites (tertiary alicyclic amines) is 1. The molecule has 0 radical (unpaired) electrons. The van der Waals surface area contributed by atoms with Crippen molar-refractivity contribution in [1.82, 2.24) is 15.5 Å². The van der Waals surface area contributed by atoms with E-state index in [4.69, 9.17) is 0 Å². The fraction of sp³-hybridized carbons (Fsp3) is 0.652. The van der Waals surface area contributed by atoms with Crippen molar-refractivity contribution < 1.29 is 9.59 Å². The second-order valence-corrected chi connectivity index (χ2v) is 7.85. The molecule has 1 saturated heterocycles. The van der Waals surface area contributed by atoms with Gasteiger partial charge in [-0.3, -0.25) is 14.5 Å². The maximum absolute atomic E-state index is 12.6. The minimum absolute atomic E-state index is 0.00713. The molecule has 0 unspecified atom stereocenters. The van der Waals surface area contributed by atoms with Crippen LogP contribution in [0.1, 0.15) is 63.2 Å². The van der Waals surface area contributed by atoms with Crippen LogP contribution in [-0.4, -0.2) is 62.0 Å². The van der Waals surface area contributed by atoms with Gasteiger partial charge in [0.05, 0.1) is 6.54 Å². The van der Waals surface area contributed by atoms with Gasteiger partial charge >= 0.3 is 0 Å². The molecule has 162 valence electrons. The first-order valence-electron chi connectivity index (χ1n) is 11.2. The van der Waals surface area contributed by atoms with E-state index in [9.17, 15) is 9.59 Å². The van der Waals surface area contributed by atoms with Gasteiger partial charge in [-0.1, -0.05) is 20.3 Å². The maximum atomic E-state index is 12.6. The smallest absolute Gasteiger partial charge is 0.251 e. The first kappa shape index (κ1) is 23.2. The van der Waals surface area contributed by atoms with Crippen LogP contribution in [0.25, 0.3) is 0 Å². The summed E-state index contributed by atoms with van der Waals surface area (Å²) in [7, 11) is 0. The van der Waals surface area contributed by atoms with Crippen molar-refractivity contribution in [3.8, 4) is 0 Å². The summed E-state index contributed by atoms with van der Waals surface area (Å²) in [6.45, 7) is 11.3. The summed E-state index contributed by atoms with van der Waals surface area (Å²) in [5.41, 5.74) is 1.88. The zero-order chi connectivity index (χ0) is 21.1. The van der Waals surface area contributed by atoms with Crippen molar-refractivity contribution in [2.75, 3.05) is 44.2 Å². The number of nitrogens with zero attached hydrogens (tertiary/aromatic N) is 2. The molecule has 0 atom stereocenters. The third-order valence-corrected chi connectivity index (χ3v) is 5.52. The largest absolute Gasteiger partial charge is 0.372 e. The van der Waals surface area contributed by atoms with Gasteiger partial charge in [0.1, 0.15) is 0 Å². The molecule has 0 aliphatic carbocycles. The predicted octanol–water partition coefficient (Wildman–Crippen LogP) is 3.03. The van der Waals surface area contributed by atoms with Crippen LogP contribution in [0.4, 0.5) is 5.69 Å². The number of nitrogens with one attached hydrogen (secondary N) is 2.